The van der Waals surface area contributed by atoms with Crippen molar-refractivity contribution in [1.29, 1.82) is 0 Å². The third kappa shape index (κ3) is 4.13. The second-order valence-electron chi connectivity index (χ2n) is 8.72. The van der Waals surface area contributed by atoms with E-state index in [1.165, 1.54) is 11.0 Å². The summed E-state index contributed by atoms with van der Waals surface area (Å²) in [7, 11) is 0. The third-order valence-electron chi connectivity index (χ3n) is 6.30. The number of aromatic nitrogens is 3. The average molecular weight is 511 g/mol. The van der Waals surface area contributed by atoms with Gasteiger partial charge in [-0.2, -0.15) is 18.3 Å². The minimum atomic E-state index is -4.60. The predicted octanol–water partition coefficient (Wildman–Crippen LogP) is 2.52. The van der Waals surface area contributed by atoms with Gasteiger partial charge in [0.25, 0.3) is 0 Å². The Balaban J connectivity index is 1.41. The number of anilines is 1. The molecule has 0 radical (unpaired) electrons. The van der Waals surface area contributed by atoms with Crippen molar-refractivity contribution in [2.45, 2.75) is 44.6 Å². The number of dihydropyridines is 1. The molecule has 3 atom stereocenters. The highest BCUT2D eigenvalue weighted by Gasteiger charge is 2.45. The van der Waals surface area contributed by atoms with Crippen LogP contribution in [0.5, 0.6) is 0 Å². The van der Waals surface area contributed by atoms with Crippen LogP contribution >= 0.6 is 11.6 Å². The first kappa shape index (κ1) is 23.3. The number of fused-ring (bicyclic) bond motifs is 4. The first-order chi connectivity index (χ1) is 16.5. The van der Waals surface area contributed by atoms with Crippen molar-refractivity contribution < 1.29 is 22.8 Å². The molecule has 3 aliphatic heterocycles. The molecule has 2 bridgehead atoms. The molecule has 0 aromatic carbocycles. The maximum atomic E-state index is 13.4. The lowest BCUT2D eigenvalue weighted by Gasteiger charge is -2.41. The number of aryl methyl sites for hydroxylation is 1. The van der Waals surface area contributed by atoms with Gasteiger partial charge < -0.3 is 15.5 Å². The van der Waals surface area contributed by atoms with E-state index in [1.807, 2.05) is 17.1 Å². The van der Waals surface area contributed by atoms with Gasteiger partial charge in [-0.1, -0.05) is 11.6 Å². The highest BCUT2D eigenvalue weighted by molar-refractivity contribution is 6.32. The van der Waals surface area contributed by atoms with Gasteiger partial charge in [-0.25, -0.2) is 9.78 Å². The average Bonchev–Trinajstić information content (AvgIpc) is 3.38. The fourth-order valence-electron chi connectivity index (χ4n) is 4.45. The first-order valence-corrected chi connectivity index (χ1v) is 11.3. The summed E-state index contributed by atoms with van der Waals surface area (Å²) in [5.41, 5.74) is 1.90. The van der Waals surface area contributed by atoms with Crippen molar-refractivity contribution in [3.05, 3.63) is 40.5 Å². The molecule has 3 aliphatic rings. The van der Waals surface area contributed by atoms with Crippen LogP contribution in [0.25, 0.3) is 11.0 Å². The Hall–Kier alpha value is -3.48. The molecule has 186 valence electrons. The number of urea groups is 1. The zero-order valence-corrected chi connectivity index (χ0v) is 19.5. The van der Waals surface area contributed by atoms with Crippen molar-refractivity contribution in [3.63, 3.8) is 0 Å². The molecule has 2 unspecified atom stereocenters. The Morgan fingerprint density at radius 2 is 2.09 bits per heavy atom. The Morgan fingerprint density at radius 1 is 1.31 bits per heavy atom. The van der Waals surface area contributed by atoms with Crippen LogP contribution in [-0.2, 0) is 4.79 Å². The van der Waals surface area contributed by atoms with Gasteiger partial charge in [0.2, 0.25) is 5.91 Å². The van der Waals surface area contributed by atoms with Crippen molar-refractivity contribution >= 4 is 40.4 Å². The second-order valence-corrected chi connectivity index (χ2v) is 9.16. The minimum absolute atomic E-state index is 0.0288. The molecule has 2 aromatic rings. The predicted molar refractivity (Wildman–Crippen MR) is 121 cm³/mol. The monoisotopic (exact) mass is 510 g/mol. The topological polar surface area (TPSA) is 118 Å². The van der Waals surface area contributed by atoms with Gasteiger partial charge in [0.1, 0.15) is 17.9 Å². The fraction of sp³-hybridized carbons (Fsp3) is 0.429. The van der Waals surface area contributed by atoms with E-state index in [1.54, 1.807) is 12.1 Å². The Kier molecular flexibility index (Phi) is 5.54. The summed E-state index contributed by atoms with van der Waals surface area (Å²) in [6.07, 6.45) is -2.42. The molecular formula is C21H22ClF3N8O2. The number of carbonyl (C=O) groups is 2. The number of H-pyrrole nitrogens is 1. The smallest absolute Gasteiger partial charge is 0.366 e. The summed E-state index contributed by atoms with van der Waals surface area (Å²) < 4.78 is 38.9. The van der Waals surface area contributed by atoms with Crippen LogP contribution in [0.3, 0.4) is 0 Å². The maximum Gasteiger partial charge on any atom is 0.408 e. The lowest BCUT2D eigenvalue weighted by molar-refractivity contribution is -0.158. The largest absolute Gasteiger partial charge is 0.408 e. The Labute approximate surface area is 202 Å². The van der Waals surface area contributed by atoms with E-state index in [4.69, 9.17) is 11.6 Å². The number of allylic oxidation sites excluding steroid dienone is 1. The standard InChI is InChI=1S/C21H22ClF3N8O2/c1-9-3-4-12-16(26-9)30-31-17(12)29-20(35)33-11-5-6-32(8-11)14-7-13(22)15(28-18(14)33)19(34)27-10(2)21(23,24)25/h3-4,7,10-11,15,28H,5-6,8H2,1-2H3,(H,27,34)(H2,26,29,30,31,35)/t10-,11?,15?/m1/s1. The lowest BCUT2D eigenvalue weighted by Crippen LogP contribution is -2.58. The van der Waals surface area contributed by atoms with E-state index < -0.39 is 30.2 Å². The number of aromatic amines is 1. The molecule has 35 heavy (non-hydrogen) atoms. The minimum Gasteiger partial charge on any atom is -0.366 e. The van der Waals surface area contributed by atoms with Gasteiger partial charge in [-0.3, -0.25) is 20.1 Å². The van der Waals surface area contributed by atoms with E-state index >= 15 is 0 Å². The molecule has 0 spiro atoms. The molecule has 10 nitrogen and oxygen atoms in total. The fourth-order valence-corrected chi connectivity index (χ4v) is 4.70. The number of nitrogens with zero attached hydrogens (tertiary/aromatic N) is 4. The summed E-state index contributed by atoms with van der Waals surface area (Å²) in [4.78, 5) is 33.9. The molecule has 2 aromatic heterocycles. The number of halogens is 4. The summed E-state index contributed by atoms with van der Waals surface area (Å²) in [6, 6.07) is -0.474. The highest BCUT2D eigenvalue weighted by atomic mass is 35.5. The quantitative estimate of drug-likeness (QED) is 0.504. The Morgan fingerprint density at radius 3 is 2.83 bits per heavy atom. The number of rotatable bonds is 3. The van der Waals surface area contributed by atoms with Crippen LogP contribution in [0, 0.1) is 6.92 Å². The number of hydrogen-bond acceptors (Lipinski definition) is 6. The molecule has 4 N–H and O–H groups in total. The molecule has 3 amide bonds. The summed E-state index contributed by atoms with van der Waals surface area (Å²) in [6.45, 7) is 3.90. The van der Waals surface area contributed by atoms with Gasteiger partial charge in [0.15, 0.2) is 11.5 Å². The second kappa shape index (κ2) is 8.33. The third-order valence-corrected chi connectivity index (χ3v) is 6.63. The van der Waals surface area contributed by atoms with Gasteiger partial charge in [-0.05, 0) is 38.5 Å². The van der Waals surface area contributed by atoms with E-state index in [0.29, 0.717) is 42.1 Å². The molecule has 1 saturated heterocycles. The molecule has 0 aliphatic carbocycles. The number of pyridine rings is 1. The van der Waals surface area contributed by atoms with Crippen molar-refractivity contribution in [3.8, 4) is 0 Å². The van der Waals surface area contributed by atoms with Gasteiger partial charge in [-0.15, -0.1) is 0 Å². The van der Waals surface area contributed by atoms with Gasteiger partial charge in [0.05, 0.1) is 22.2 Å². The molecule has 1 fully saturated rings. The van der Waals surface area contributed by atoms with E-state index in [2.05, 4.69) is 25.8 Å². The summed E-state index contributed by atoms with van der Waals surface area (Å²) >= 11 is 6.31. The van der Waals surface area contributed by atoms with Crippen molar-refractivity contribution in [2.75, 3.05) is 18.4 Å². The van der Waals surface area contributed by atoms with E-state index in [-0.39, 0.29) is 16.9 Å². The van der Waals surface area contributed by atoms with Gasteiger partial charge in [0, 0.05) is 18.8 Å². The summed E-state index contributed by atoms with van der Waals surface area (Å²) in [5, 5.41) is 15.2. The number of alkyl halides is 3. The molecule has 14 heteroatoms. The zero-order valence-electron chi connectivity index (χ0n) is 18.7. The van der Waals surface area contributed by atoms with Crippen molar-refractivity contribution in [1.82, 2.24) is 35.6 Å². The number of hydrogen-bond donors (Lipinski definition) is 4. The van der Waals surface area contributed by atoms with Crippen LogP contribution in [0.15, 0.2) is 34.8 Å². The molecule has 5 rings (SSSR count). The van der Waals surface area contributed by atoms with Gasteiger partial charge >= 0.3 is 12.2 Å². The maximum absolute atomic E-state index is 13.4. The lowest BCUT2D eigenvalue weighted by atomic mass is 10.1. The van der Waals surface area contributed by atoms with Crippen LogP contribution in [0.2, 0.25) is 0 Å². The molecule has 5 heterocycles. The summed E-state index contributed by atoms with van der Waals surface area (Å²) in [5.74, 6) is -0.359. The number of nitrogens with one attached hydrogen (secondary N) is 4. The number of carbonyl (C=O) groups excluding carboxylic acids is 2. The normalized spacial score (nSPS) is 22.5. The molecular weight excluding hydrogens is 489 g/mol. The highest BCUT2D eigenvalue weighted by Crippen LogP contribution is 2.36. The van der Waals surface area contributed by atoms with Crippen LogP contribution in [-0.4, -0.2) is 74.3 Å². The molecule has 0 saturated carbocycles. The SMILES string of the molecule is Cc1ccc2c(NC(=O)N3C4=C(C=C(Cl)C(C(=O)N[C@H](C)C(F)(F)F)N4)N4CCC3C4)n[nH]c2n1. The first-order valence-electron chi connectivity index (χ1n) is 10.9. The zero-order chi connectivity index (χ0) is 25.1. The van der Waals surface area contributed by atoms with Crippen LogP contribution in [0.1, 0.15) is 19.0 Å². The van der Waals surface area contributed by atoms with Crippen molar-refractivity contribution in [2.24, 2.45) is 0 Å². The van der Waals surface area contributed by atoms with E-state index in [0.717, 1.165) is 12.6 Å². The van der Waals surface area contributed by atoms with E-state index in [9.17, 15) is 22.8 Å². The van der Waals surface area contributed by atoms with Crippen LogP contribution in [0.4, 0.5) is 23.8 Å². The number of amides is 3. The Bertz CT molecular complexity index is 1270. The van der Waals surface area contributed by atoms with Crippen LogP contribution < -0.4 is 16.0 Å².